The first-order chi connectivity index (χ1) is 9.10. The molecule has 1 saturated heterocycles. The van der Waals surface area contributed by atoms with Gasteiger partial charge >= 0.3 is 0 Å². The van der Waals surface area contributed by atoms with E-state index in [4.69, 9.17) is 5.73 Å². The van der Waals surface area contributed by atoms with Gasteiger partial charge in [0.05, 0.1) is 6.20 Å². The number of amides is 1. The molecule has 1 aliphatic heterocycles. The van der Waals surface area contributed by atoms with Gasteiger partial charge < -0.3 is 10.6 Å². The van der Waals surface area contributed by atoms with Gasteiger partial charge in [-0.15, -0.1) is 37.2 Å². The summed E-state index contributed by atoms with van der Waals surface area (Å²) in [6.07, 6.45) is 3.93. The van der Waals surface area contributed by atoms with E-state index >= 15 is 0 Å². The molecular formula is C13H26Cl3N5O. The summed E-state index contributed by atoms with van der Waals surface area (Å²) in [5, 5.41) is 4.17. The number of aromatic nitrogens is 2. The summed E-state index contributed by atoms with van der Waals surface area (Å²) in [6.45, 7) is 6.64. The van der Waals surface area contributed by atoms with E-state index in [-0.39, 0.29) is 49.0 Å². The Labute approximate surface area is 150 Å². The van der Waals surface area contributed by atoms with Crippen LogP contribution in [0.3, 0.4) is 0 Å². The number of nitrogens with two attached hydrogens (primary N) is 1. The van der Waals surface area contributed by atoms with E-state index in [0.717, 1.165) is 32.7 Å². The minimum atomic E-state index is -0.0649. The number of carbonyl (C=O) groups excluding carboxylic acids is 1. The average Bonchev–Trinajstić information content (AvgIpc) is 2.83. The molecule has 0 saturated carbocycles. The fourth-order valence-electron chi connectivity index (χ4n) is 2.35. The smallest absolute Gasteiger partial charge is 0.226 e. The van der Waals surface area contributed by atoms with Crippen LogP contribution in [0.5, 0.6) is 0 Å². The van der Waals surface area contributed by atoms with Crippen molar-refractivity contribution >= 4 is 43.1 Å². The maximum atomic E-state index is 12.0. The van der Waals surface area contributed by atoms with Crippen molar-refractivity contribution in [2.45, 2.75) is 13.5 Å². The second-order valence-corrected chi connectivity index (χ2v) is 5.26. The van der Waals surface area contributed by atoms with Crippen LogP contribution in [0.1, 0.15) is 12.5 Å². The Morgan fingerprint density at radius 1 is 1.27 bits per heavy atom. The van der Waals surface area contributed by atoms with Crippen LogP contribution in [0.15, 0.2) is 12.4 Å². The van der Waals surface area contributed by atoms with E-state index in [2.05, 4.69) is 10.00 Å². The zero-order chi connectivity index (χ0) is 13.8. The lowest BCUT2D eigenvalue weighted by atomic mass is 10.1. The lowest BCUT2D eigenvalue weighted by Crippen LogP contribution is -2.50. The average molecular weight is 375 g/mol. The number of piperazine rings is 1. The van der Waals surface area contributed by atoms with Crippen LogP contribution in [-0.4, -0.2) is 58.2 Å². The summed E-state index contributed by atoms with van der Waals surface area (Å²) in [5.74, 6) is 0.119. The predicted molar refractivity (Wildman–Crippen MR) is 95.0 cm³/mol. The number of aryl methyl sites for hydroxylation is 1. The lowest BCUT2D eigenvalue weighted by Gasteiger charge is -2.35. The molecule has 2 rings (SSSR count). The molecule has 1 fully saturated rings. The first kappa shape index (κ1) is 23.7. The molecule has 0 spiro atoms. The number of nitrogens with zero attached hydrogens (tertiary/aromatic N) is 4. The van der Waals surface area contributed by atoms with Crippen LogP contribution in [0.2, 0.25) is 0 Å². The zero-order valence-electron chi connectivity index (χ0n) is 13.0. The Hall–Kier alpha value is -0.530. The summed E-state index contributed by atoms with van der Waals surface area (Å²) >= 11 is 0. The van der Waals surface area contributed by atoms with E-state index < -0.39 is 0 Å². The normalized spacial score (nSPS) is 16.0. The maximum Gasteiger partial charge on any atom is 0.226 e. The quantitative estimate of drug-likeness (QED) is 0.851. The van der Waals surface area contributed by atoms with Crippen LogP contribution in [0.25, 0.3) is 0 Å². The van der Waals surface area contributed by atoms with Crippen molar-refractivity contribution in [3.63, 3.8) is 0 Å². The monoisotopic (exact) mass is 373 g/mol. The number of hydrogen-bond acceptors (Lipinski definition) is 4. The van der Waals surface area contributed by atoms with Crippen molar-refractivity contribution in [1.29, 1.82) is 0 Å². The van der Waals surface area contributed by atoms with Gasteiger partial charge in [-0.05, 0) is 0 Å². The van der Waals surface area contributed by atoms with Crippen LogP contribution in [0.4, 0.5) is 0 Å². The summed E-state index contributed by atoms with van der Waals surface area (Å²) in [4.78, 5) is 16.3. The molecule has 1 amide bonds. The topological polar surface area (TPSA) is 67.4 Å². The Morgan fingerprint density at radius 2 is 1.86 bits per heavy atom. The molecule has 1 atom stereocenters. The molecule has 22 heavy (non-hydrogen) atoms. The van der Waals surface area contributed by atoms with Crippen molar-refractivity contribution in [2.24, 2.45) is 18.7 Å². The van der Waals surface area contributed by atoms with Gasteiger partial charge in [0.15, 0.2) is 0 Å². The van der Waals surface area contributed by atoms with Gasteiger partial charge in [0.25, 0.3) is 0 Å². The van der Waals surface area contributed by atoms with Crippen molar-refractivity contribution in [2.75, 3.05) is 32.7 Å². The van der Waals surface area contributed by atoms with Crippen molar-refractivity contribution in [3.05, 3.63) is 18.0 Å². The lowest BCUT2D eigenvalue weighted by molar-refractivity contribution is -0.136. The third kappa shape index (κ3) is 6.30. The maximum absolute atomic E-state index is 12.0. The Morgan fingerprint density at radius 3 is 2.32 bits per heavy atom. The molecule has 1 aliphatic rings. The second kappa shape index (κ2) is 11.1. The molecule has 9 heteroatoms. The highest BCUT2D eigenvalue weighted by atomic mass is 35.5. The standard InChI is InChI=1S/C13H23N5O.3ClH/c1-11(7-14)13(19)18-5-3-17(4-6-18)10-12-8-15-16(2)9-12;;;/h8-9,11H,3-7,10,14H2,1-2H3;3*1H. The number of halogens is 3. The van der Waals surface area contributed by atoms with E-state index in [0.29, 0.717) is 6.54 Å². The van der Waals surface area contributed by atoms with Crippen LogP contribution in [0, 0.1) is 5.92 Å². The van der Waals surface area contributed by atoms with Crippen molar-refractivity contribution in [3.8, 4) is 0 Å². The third-order valence-corrected chi connectivity index (χ3v) is 3.62. The molecular weight excluding hydrogens is 349 g/mol. The Bertz CT molecular complexity index is 435. The molecule has 0 aromatic carbocycles. The largest absolute Gasteiger partial charge is 0.340 e. The molecule has 0 aliphatic carbocycles. The minimum Gasteiger partial charge on any atom is -0.340 e. The SMILES string of the molecule is CC(CN)C(=O)N1CCN(Cc2cnn(C)c2)CC1.Cl.Cl.Cl. The van der Waals surface area contributed by atoms with E-state index in [1.165, 1.54) is 5.56 Å². The Balaban J connectivity index is 0. The molecule has 6 nitrogen and oxygen atoms in total. The minimum absolute atomic E-state index is 0. The molecule has 1 aromatic rings. The Kier molecular flexibility index (Phi) is 11.9. The molecule has 2 heterocycles. The van der Waals surface area contributed by atoms with Gasteiger partial charge in [0.1, 0.15) is 0 Å². The molecule has 130 valence electrons. The summed E-state index contributed by atoms with van der Waals surface area (Å²) < 4.78 is 1.82. The fourth-order valence-corrected chi connectivity index (χ4v) is 2.35. The summed E-state index contributed by atoms with van der Waals surface area (Å²) in [7, 11) is 1.92. The highest BCUT2D eigenvalue weighted by molar-refractivity contribution is 5.86. The van der Waals surface area contributed by atoms with Crippen LogP contribution >= 0.6 is 37.2 Å². The first-order valence-corrected chi connectivity index (χ1v) is 6.79. The number of carbonyl (C=O) groups is 1. The molecule has 1 unspecified atom stereocenters. The third-order valence-electron chi connectivity index (χ3n) is 3.62. The van der Waals surface area contributed by atoms with Gasteiger partial charge in [0, 0.05) is 64.0 Å². The van der Waals surface area contributed by atoms with Crippen LogP contribution in [-0.2, 0) is 18.4 Å². The van der Waals surface area contributed by atoms with Crippen LogP contribution < -0.4 is 5.73 Å². The zero-order valence-corrected chi connectivity index (χ0v) is 15.4. The highest BCUT2D eigenvalue weighted by Crippen LogP contribution is 2.10. The van der Waals surface area contributed by atoms with Crippen molar-refractivity contribution < 1.29 is 4.79 Å². The highest BCUT2D eigenvalue weighted by Gasteiger charge is 2.24. The molecule has 0 radical (unpaired) electrons. The van der Waals surface area contributed by atoms with Crippen molar-refractivity contribution in [1.82, 2.24) is 19.6 Å². The molecule has 1 aromatic heterocycles. The second-order valence-electron chi connectivity index (χ2n) is 5.26. The number of hydrogen-bond donors (Lipinski definition) is 1. The van der Waals surface area contributed by atoms with E-state index in [1.54, 1.807) is 0 Å². The van der Waals surface area contributed by atoms with E-state index in [9.17, 15) is 4.79 Å². The summed E-state index contributed by atoms with van der Waals surface area (Å²) in [5.41, 5.74) is 6.76. The molecule has 2 N–H and O–H groups in total. The predicted octanol–water partition coefficient (Wildman–Crippen LogP) is 0.924. The first-order valence-electron chi connectivity index (χ1n) is 6.79. The van der Waals surface area contributed by atoms with Gasteiger partial charge in [-0.3, -0.25) is 14.4 Å². The van der Waals surface area contributed by atoms with Gasteiger partial charge in [-0.1, -0.05) is 6.92 Å². The van der Waals surface area contributed by atoms with Gasteiger partial charge in [-0.25, -0.2) is 0 Å². The fraction of sp³-hybridized carbons (Fsp3) is 0.692. The van der Waals surface area contributed by atoms with Gasteiger partial charge in [-0.2, -0.15) is 5.10 Å². The molecule has 0 bridgehead atoms. The van der Waals surface area contributed by atoms with Gasteiger partial charge in [0.2, 0.25) is 5.91 Å². The van der Waals surface area contributed by atoms with E-state index in [1.807, 2.05) is 35.9 Å². The summed E-state index contributed by atoms with van der Waals surface area (Å²) in [6, 6.07) is 0. The number of rotatable bonds is 4.